The van der Waals surface area contributed by atoms with E-state index in [2.05, 4.69) is 4.98 Å². The third-order valence-electron chi connectivity index (χ3n) is 3.21. The van der Waals surface area contributed by atoms with Crippen LogP contribution in [-0.2, 0) is 6.42 Å². The molecule has 3 heterocycles. The minimum atomic E-state index is -0.904. The summed E-state index contributed by atoms with van der Waals surface area (Å²) in [6.07, 6.45) is 7.11. The first-order valence-corrected chi connectivity index (χ1v) is 7.10. The van der Waals surface area contributed by atoms with Crippen LogP contribution in [0.25, 0.3) is 5.65 Å². The van der Waals surface area contributed by atoms with Crippen molar-refractivity contribution in [1.82, 2.24) is 9.38 Å². The molecule has 1 saturated heterocycles. The quantitative estimate of drug-likeness (QED) is 0.923. The van der Waals surface area contributed by atoms with Crippen molar-refractivity contribution in [2.75, 3.05) is 5.75 Å². The molecule has 1 aliphatic heterocycles. The average molecular weight is 262 g/mol. The van der Waals surface area contributed by atoms with Gasteiger partial charge in [0.1, 0.15) is 5.65 Å². The number of carbonyl (C=O) groups is 1. The zero-order chi connectivity index (χ0) is 12.5. The summed E-state index contributed by atoms with van der Waals surface area (Å²) >= 11 is 2.01. The molecule has 0 bridgehead atoms. The minimum Gasteiger partial charge on any atom is -0.478 e. The number of hydrogen-bond donors (Lipinski definition) is 1. The SMILES string of the molecule is O=C(O)c1ccc2nc(CC3CCCS3)cn2c1. The number of aromatic carboxylic acids is 1. The van der Waals surface area contributed by atoms with Crippen LogP contribution >= 0.6 is 11.8 Å². The molecule has 0 saturated carbocycles. The molecule has 1 aliphatic rings. The zero-order valence-electron chi connectivity index (χ0n) is 9.87. The fourth-order valence-electron chi connectivity index (χ4n) is 2.31. The van der Waals surface area contributed by atoms with Crippen molar-refractivity contribution < 1.29 is 9.90 Å². The van der Waals surface area contributed by atoms with Gasteiger partial charge in [-0.1, -0.05) is 0 Å². The van der Waals surface area contributed by atoms with Crippen molar-refractivity contribution in [2.45, 2.75) is 24.5 Å². The van der Waals surface area contributed by atoms with E-state index in [-0.39, 0.29) is 0 Å². The average Bonchev–Trinajstić information content (AvgIpc) is 2.96. The highest BCUT2D eigenvalue weighted by atomic mass is 32.2. The summed E-state index contributed by atoms with van der Waals surface area (Å²) in [6, 6.07) is 3.35. The van der Waals surface area contributed by atoms with E-state index in [1.807, 2.05) is 18.0 Å². The topological polar surface area (TPSA) is 54.6 Å². The first-order valence-electron chi connectivity index (χ1n) is 6.05. The fraction of sp³-hybridized carbons (Fsp3) is 0.385. The molecule has 2 aromatic rings. The van der Waals surface area contributed by atoms with Crippen molar-refractivity contribution in [3.8, 4) is 0 Å². The molecule has 2 aromatic heterocycles. The molecule has 1 N–H and O–H groups in total. The number of imidazole rings is 1. The number of carboxylic acid groups (broad SMARTS) is 1. The molecular formula is C13H14N2O2S. The number of thioether (sulfide) groups is 1. The van der Waals surface area contributed by atoms with Gasteiger partial charge in [0.25, 0.3) is 0 Å². The second-order valence-electron chi connectivity index (χ2n) is 4.56. The number of fused-ring (bicyclic) bond motifs is 1. The van der Waals surface area contributed by atoms with E-state index in [0.29, 0.717) is 10.8 Å². The maximum Gasteiger partial charge on any atom is 0.337 e. The molecule has 0 amide bonds. The molecule has 3 rings (SSSR count). The predicted molar refractivity (Wildman–Crippen MR) is 71.3 cm³/mol. The van der Waals surface area contributed by atoms with E-state index in [9.17, 15) is 4.79 Å². The molecule has 0 radical (unpaired) electrons. The Bertz CT molecular complexity index is 588. The lowest BCUT2D eigenvalue weighted by molar-refractivity contribution is 0.0696. The number of pyridine rings is 1. The van der Waals surface area contributed by atoms with Gasteiger partial charge in [0, 0.05) is 24.1 Å². The molecule has 18 heavy (non-hydrogen) atoms. The van der Waals surface area contributed by atoms with Crippen molar-refractivity contribution in [3.05, 3.63) is 35.8 Å². The van der Waals surface area contributed by atoms with E-state index in [1.54, 1.807) is 22.7 Å². The Morgan fingerprint density at radius 1 is 1.50 bits per heavy atom. The smallest absolute Gasteiger partial charge is 0.337 e. The van der Waals surface area contributed by atoms with E-state index in [0.717, 1.165) is 17.8 Å². The Labute approximate surface area is 109 Å². The monoisotopic (exact) mass is 262 g/mol. The molecule has 94 valence electrons. The summed E-state index contributed by atoms with van der Waals surface area (Å²) < 4.78 is 1.80. The summed E-state index contributed by atoms with van der Waals surface area (Å²) in [6.45, 7) is 0. The van der Waals surface area contributed by atoms with Gasteiger partial charge in [0.05, 0.1) is 11.3 Å². The zero-order valence-corrected chi connectivity index (χ0v) is 10.7. The highest BCUT2D eigenvalue weighted by molar-refractivity contribution is 8.00. The Kier molecular flexibility index (Phi) is 2.99. The largest absolute Gasteiger partial charge is 0.478 e. The van der Waals surface area contributed by atoms with Crippen molar-refractivity contribution in [3.63, 3.8) is 0 Å². The molecule has 0 aliphatic carbocycles. The van der Waals surface area contributed by atoms with Gasteiger partial charge in [0.15, 0.2) is 0 Å². The van der Waals surface area contributed by atoms with Gasteiger partial charge in [0.2, 0.25) is 0 Å². The lowest BCUT2D eigenvalue weighted by Crippen LogP contribution is -2.01. The highest BCUT2D eigenvalue weighted by Gasteiger charge is 2.17. The second kappa shape index (κ2) is 4.65. The third-order valence-corrected chi connectivity index (χ3v) is 4.61. The van der Waals surface area contributed by atoms with Gasteiger partial charge in [-0.15, -0.1) is 0 Å². The molecule has 0 aromatic carbocycles. The summed E-state index contributed by atoms with van der Waals surface area (Å²) in [7, 11) is 0. The van der Waals surface area contributed by atoms with Crippen LogP contribution in [0.2, 0.25) is 0 Å². The molecular weight excluding hydrogens is 248 g/mol. The second-order valence-corrected chi connectivity index (χ2v) is 5.97. The van der Waals surface area contributed by atoms with Gasteiger partial charge in [-0.3, -0.25) is 0 Å². The summed E-state index contributed by atoms with van der Waals surface area (Å²) in [5, 5.41) is 9.62. The fourth-order valence-corrected chi connectivity index (χ4v) is 3.60. The van der Waals surface area contributed by atoms with E-state index in [4.69, 9.17) is 5.11 Å². The first kappa shape index (κ1) is 11.6. The Hall–Kier alpha value is -1.49. The molecule has 0 spiro atoms. The summed E-state index contributed by atoms with van der Waals surface area (Å²) in [4.78, 5) is 15.4. The maximum atomic E-state index is 10.9. The molecule has 1 atom stereocenters. The summed E-state index contributed by atoms with van der Waals surface area (Å²) in [5.74, 6) is 0.347. The lowest BCUT2D eigenvalue weighted by Gasteiger charge is -2.03. The maximum absolute atomic E-state index is 10.9. The normalized spacial score (nSPS) is 19.4. The number of hydrogen-bond acceptors (Lipinski definition) is 3. The highest BCUT2D eigenvalue weighted by Crippen LogP contribution is 2.28. The molecule has 5 heteroatoms. The van der Waals surface area contributed by atoms with Crippen molar-refractivity contribution in [1.29, 1.82) is 0 Å². The first-order chi connectivity index (χ1) is 8.72. The predicted octanol–water partition coefficient (Wildman–Crippen LogP) is 2.47. The van der Waals surface area contributed by atoms with Gasteiger partial charge in [-0.25, -0.2) is 9.78 Å². The van der Waals surface area contributed by atoms with Crippen LogP contribution < -0.4 is 0 Å². The van der Waals surface area contributed by atoms with Crippen LogP contribution in [0.1, 0.15) is 28.9 Å². The van der Waals surface area contributed by atoms with E-state index >= 15 is 0 Å². The van der Waals surface area contributed by atoms with Crippen molar-refractivity contribution >= 4 is 23.4 Å². The number of rotatable bonds is 3. The number of nitrogens with zero attached hydrogens (tertiary/aromatic N) is 2. The summed E-state index contributed by atoms with van der Waals surface area (Å²) in [5.41, 5.74) is 2.16. The van der Waals surface area contributed by atoms with Crippen LogP contribution in [0.5, 0.6) is 0 Å². The van der Waals surface area contributed by atoms with E-state index in [1.165, 1.54) is 18.6 Å². The van der Waals surface area contributed by atoms with Crippen molar-refractivity contribution in [2.24, 2.45) is 0 Å². The van der Waals surface area contributed by atoms with Crippen LogP contribution in [-0.4, -0.2) is 31.5 Å². The van der Waals surface area contributed by atoms with E-state index < -0.39 is 5.97 Å². The Morgan fingerprint density at radius 3 is 3.11 bits per heavy atom. The standard InChI is InChI=1S/C13H14N2O2S/c16-13(17)9-3-4-12-14-10(8-15(12)7-9)6-11-2-1-5-18-11/h3-4,7-8,11H,1-2,5-6H2,(H,16,17). The molecule has 4 nitrogen and oxygen atoms in total. The van der Waals surface area contributed by atoms with Crippen LogP contribution in [0.3, 0.4) is 0 Å². The molecule has 1 fully saturated rings. The van der Waals surface area contributed by atoms with Gasteiger partial charge in [-0.05, 0) is 30.7 Å². The van der Waals surface area contributed by atoms with Gasteiger partial charge in [-0.2, -0.15) is 11.8 Å². The van der Waals surface area contributed by atoms with Crippen LogP contribution in [0.15, 0.2) is 24.5 Å². The number of aromatic nitrogens is 2. The van der Waals surface area contributed by atoms with Gasteiger partial charge < -0.3 is 9.51 Å². The third kappa shape index (κ3) is 2.22. The minimum absolute atomic E-state index is 0.293. The Balaban J connectivity index is 1.87. The lowest BCUT2D eigenvalue weighted by atomic mass is 10.2. The number of carboxylic acids is 1. The molecule has 1 unspecified atom stereocenters. The van der Waals surface area contributed by atoms with Crippen LogP contribution in [0.4, 0.5) is 0 Å². The Morgan fingerprint density at radius 2 is 2.39 bits per heavy atom. The van der Waals surface area contributed by atoms with Gasteiger partial charge >= 0.3 is 5.97 Å². The van der Waals surface area contributed by atoms with Crippen LogP contribution in [0, 0.1) is 0 Å².